The van der Waals surface area contributed by atoms with Crippen LogP contribution in [0.25, 0.3) is 54.6 Å². The highest BCUT2D eigenvalue weighted by Gasteiger charge is 2.35. The van der Waals surface area contributed by atoms with E-state index in [0.29, 0.717) is 0 Å². The average Bonchev–Trinajstić information content (AvgIpc) is 2.94. The van der Waals surface area contributed by atoms with Crippen LogP contribution in [0.15, 0.2) is 115 Å². The third-order valence-corrected chi connectivity index (χ3v) is 8.08. The van der Waals surface area contributed by atoms with Gasteiger partial charge in [0.05, 0.1) is 11.2 Å². The second kappa shape index (κ2) is 9.68. The summed E-state index contributed by atoms with van der Waals surface area (Å²) in [5, 5.41) is 17.7. The van der Waals surface area contributed by atoms with Crippen LogP contribution in [0, 0.1) is 0 Å². The predicted molar refractivity (Wildman–Crippen MR) is 167 cm³/mol. The first kappa shape index (κ1) is 25.4. The van der Waals surface area contributed by atoms with Crippen molar-refractivity contribution in [1.29, 1.82) is 0 Å². The average molecular weight is 507 g/mol. The fraction of sp³-hybridized carbons (Fsp3) is 0.167. The Balaban J connectivity index is 1.25. The minimum atomic E-state index is -0.951. The Morgan fingerprint density at radius 3 is 1.36 bits per heavy atom. The maximum absolute atomic E-state index is 10.4. The molecular weight excluding hydrogens is 475 g/mol. The number of fused-ring (bicyclic) bond motifs is 3. The summed E-state index contributed by atoms with van der Waals surface area (Å²) in [6, 6.07) is 41.5. The van der Waals surface area contributed by atoms with Crippen molar-refractivity contribution in [1.82, 2.24) is 0 Å². The molecule has 0 heterocycles. The van der Waals surface area contributed by atoms with Gasteiger partial charge in [0.15, 0.2) is 0 Å². The van der Waals surface area contributed by atoms with Crippen molar-refractivity contribution in [2.75, 3.05) is 0 Å². The fourth-order valence-corrected chi connectivity index (χ4v) is 4.85. The van der Waals surface area contributed by atoms with Gasteiger partial charge in [-0.25, -0.2) is 0 Å². The zero-order valence-corrected chi connectivity index (χ0v) is 22.9. The normalized spacial score (nSPS) is 12.3. The summed E-state index contributed by atoms with van der Waals surface area (Å²) in [6.45, 7) is 7.31. The first-order valence-electron chi connectivity index (χ1n) is 13.5. The van der Waals surface area contributed by atoms with Crippen molar-refractivity contribution in [2.24, 2.45) is 0 Å². The molecule has 1 radical (unpaired) electrons. The summed E-state index contributed by atoms with van der Waals surface area (Å²) in [6.07, 6.45) is 0. The van der Waals surface area contributed by atoms with Gasteiger partial charge in [-0.3, -0.25) is 0 Å². The lowest BCUT2D eigenvalue weighted by molar-refractivity contribution is -0.0893. The van der Waals surface area contributed by atoms with Gasteiger partial charge in [0.1, 0.15) is 0 Å². The van der Waals surface area contributed by atoms with Crippen molar-refractivity contribution < 1.29 is 9.76 Å². The molecule has 3 heteroatoms. The summed E-state index contributed by atoms with van der Waals surface area (Å²) in [4.78, 5) is 0. The quantitative estimate of drug-likeness (QED) is 0.230. The SMILES string of the molecule is CC(C)(O)C(C)(C)O[B]c1ccc2cc(-c3ccc4cc(-c5ccc6ccccc6c5)ccc4c3)ccc2c1. The number of hydrogen-bond acceptors (Lipinski definition) is 2. The molecule has 6 aromatic rings. The zero-order chi connectivity index (χ0) is 27.2. The summed E-state index contributed by atoms with van der Waals surface area (Å²) >= 11 is 0. The summed E-state index contributed by atoms with van der Waals surface area (Å²) in [5.74, 6) is 0. The monoisotopic (exact) mass is 507 g/mol. The largest absolute Gasteiger partial charge is 0.427 e. The van der Waals surface area contributed by atoms with Crippen LogP contribution in [-0.4, -0.2) is 23.8 Å². The molecule has 0 spiro atoms. The van der Waals surface area contributed by atoms with Gasteiger partial charge in [0.25, 0.3) is 0 Å². The fourth-order valence-electron chi connectivity index (χ4n) is 4.85. The van der Waals surface area contributed by atoms with E-state index in [1.54, 1.807) is 21.3 Å². The van der Waals surface area contributed by atoms with Gasteiger partial charge in [-0.1, -0.05) is 96.5 Å². The molecule has 6 rings (SSSR count). The van der Waals surface area contributed by atoms with Crippen LogP contribution in [0.1, 0.15) is 27.7 Å². The third-order valence-electron chi connectivity index (χ3n) is 8.08. The summed E-state index contributed by atoms with van der Waals surface area (Å²) < 4.78 is 5.94. The molecule has 6 aromatic carbocycles. The number of rotatable bonds is 6. The van der Waals surface area contributed by atoms with Crippen molar-refractivity contribution in [3.63, 3.8) is 0 Å². The molecule has 191 valence electrons. The van der Waals surface area contributed by atoms with Gasteiger partial charge >= 0.3 is 7.48 Å². The van der Waals surface area contributed by atoms with Crippen LogP contribution >= 0.6 is 0 Å². The second-order valence-corrected chi connectivity index (χ2v) is 11.5. The molecule has 0 aliphatic carbocycles. The summed E-state index contributed by atoms with van der Waals surface area (Å²) in [5.41, 5.74) is 4.19. The maximum Gasteiger partial charge on any atom is 0.330 e. The third kappa shape index (κ3) is 5.08. The highest BCUT2D eigenvalue weighted by Crippen LogP contribution is 2.31. The highest BCUT2D eigenvalue weighted by atomic mass is 16.5. The van der Waals surface area contributed by atoms with E-state index in [4.69, 9.17) is 4.65 Å². The lowest BCUT2D eigenvalue weighted by atomic mass is 9.82. The van der Waals surface area contributed by atoms with Crippen molar-refractivity contribution in [2.45, 2.75) is 38.9 Å². The Morgan fingerprint density at radius 1 is 0.487 bits per heavy atom. The van der Waals surface area contributed by atoms with Gasteiger partial charge in [-0.05, 0) is 107 Å². The topological polar surface area (TPSA) is 29.5 Å². The van der Waals surface area contributed by atoms with Gasteiger partial charge < -0.3 is 9.76 Å². The molecular formula is C36H32BO2. The van der Waals surface area contributed by atoms with E-state index >= 15 is 0 Å². The highest BCUT2D eigenvalue weighted by molar-refractivity contribution is 6.47. The van der Waals surface area contributed by atoms with E-state index in [0.717, 1.165) is 10.8 Å². The Morgan fingerprint density at radius 2 is 0.872 bits per heavy atom. The van der Waals surface area contributed by atoms with E-state index in [1.807, 2.05) is 13.8 Å². The van der Waals surface area contributed by atoms with Gasteiger partial charge in [-0.2, -0.15) is 0 Å². The van der Waals surface area contributed by atoms with Crippen molar-refractivity contribution >= 4 is 45.3 Å². The molecule has 0 aliphatic heterocycles. The Hall–Kier alpha value is -3.92. The molecule has 39 heavy (non-hydrogen) atoms. The van der Waals surface area contributed by atoms with Gasteiger partial charge in [0.2, 0.25) is 0 Å². The molecule has 0 unspecified atom stereocenters. The van der Waals surface area contributed by atoms with Crippen LogP contribution < -0.4 is 5.46 Å². The number of hydrogen-bond donors (Lipinski definition) is 1. The molecule has 0 amide bonds. The van der Waals surface area contributed by atoms with E-state index in [9.17, 15) is 5.11 Å². The number of aliphatic hydroxyl groups is 1. The van der Waals surface area contributed by atoms with Crippen LogP contribution in [-0.2, 0) is 4.65 Å². The van der Waals surface area contributed by atoms with Crippen LogP contribution in [0.2, 0.25) is 0 Å². The zero-order valence-electron chi connectivity index (χ0n) is 22.9. The van der Waals surface area contributed by atoms with Gasteiger partial charge in [-0.15, -0.1) is 0 Å². The van der Waals surface area contributed by atoms with E-state index in [-0.39, 0.29) is 0 Å². The second-order valence-electron chi connectivity index (χ2n) is 11.5. The van der Waals surface area contributed by atoms with E-state index in [1.165, 1.54) is 49.2 Å². The maximum atomic E-state index is 10.4. The molecule has 0 atom stereocenters. The molecule has 0 fully saturated rings. The molecule has 0 saturated carbocycles. The van der Waals surface area contributed by atoms with E-state index < -0.39 is 11.2 Å². The molecule has 0 aliphatic rings. The molecule has 0 saturated heterocycles. The minimum absolute atomic E-state index is 0.696. The Kier molecular flexibility index (Phi) is 6.30. The molecule has 0 aromatic heterocycles. The van der Waals surface area contributed by atoms with Crippen molar-refractivity contribution in [3.8, 4) is 22.3 Å². The predicted octanol–water partition coefficient (Wildman–Crippen LogP) is 8.29. The number of benzene rings is 6. The van der Waals surface area contributed by atoms with E-state index in [2.05, 4.69) is 115 Å². The van der Waals surface area contributed by atoms with Crippen LogP contribution in [0.5, 0.6) is 0 Å². The van der Waals surface area contributed by atoms with Crippen molar-refractivity contribution in [3.05, 3.63) is 115 Å². The Bertz CT molecular complexity index is 1830. The smallest absolute Gasteiger partial charge is 0.330 e. The van der Waals surface area contributed by atoms with Crippen LogP contribution in [0.4, 0.5) is 0 Å². The minimum Gasteiger partial charge on any atom is -0.427 e. The first-order valence-corrected chi connectivity index (χ1v) is 13.5. The first-order chi connectivity index (χ1) is 18.7. The summed E-state index contributed by atoms with van der Waals surface area (Å²) in [7, 11) is 1.74. The lowest BCUT2D eigenvalue weighted by Crippen LogP contribution is -2.49. The molecule has 2 nitrogen and oxygen atoms in total. The van der Waals surface area contributed by atoms with Crippen LogP contribution in [0.3, 0.4) is 0 Å². The lowest BCUT2D eigenvalue weighted by Gasteiger charge is -2.37. The van der Waals surface area contributed by atoms with Gasteiger partial charge in [0, 0.05) is 0 Å². The Labute approximate surface area is 231 Å². The molecule has 1 N–H and O–H groups in total. The standard InChI is InChI=1S/C36H32BO2/c1-35(2,38)36(3,4)39-37-34-18-17-32-22-31(15-16-33(32)23-34)30-14-13-28-20-27(11-12-29(28)21-30)26-10-9-24-7-5-6-8-25(24)19-26/h5-23,38H,1-4H3. The molecule has 0 bridgehead atoms.